The Labute approximate surface area is 180 Å². The number of sulfone groups is 1. The Morgan fingerprint density at radius 2 is 1.77 bits per heavy atom. The van der Waals surface area contributed by atoms with Gasteiger partial charge in [-0.2, -0.15) is 5.10 Å². The first-order chi connectivity index (χ1) is 14.5. The molecule has 4 aromatic rings. The molecule has 0 saturated heterocycles. The largest absolute Gasteiger partial charge is 0.380 e. The maximum atomic E-state index is 14.3. The number of rotatable bonds is 4. The van der Waals surface area contributed by atoms with Gasteiger partial charge in [0.05, 0.1) is 10.6 Å². The van der Waals surface area contributed by atoms with Gasteiger partial charge in [0, 0.05) is 40.2 Å². The normalized spacial score (nSPS) is 12.3. The van der Waals surface area contributed by atoms with Gasteiger partial charge in [0.25, 0.3) is 0 Å². The Bertz CT molecular complexity index is 1390. The van der Waals surface area contributed by atoms with Crippen molar-refractivity contribution in [1.82, 2.24) is 15.2 Å². The topological polar surface area (TPSA) is 87.7 Å². The molecule has 0 saturated carbocycles. The molecular weight excluding hydrogens is 415 g/mol. The lowest BCUT2D eigenvalue weighted by atomic mass is 10.0. The van der Waals surface area contributed by atoms with Crippen molar-refractivity contribution >= 4 is 26.6 Å². The van der Waals surface area contributed by atoms with Crippen LogP contribution in [0, 0.1) is 5.82 Å². The number of nitrogens with one attached hydrogen (secondary N) is 2. The third-order valence-electron chi connectivity index (χ3n) is 4.71. The third-order valence-corrected chi connectivity index (χ3v) is 5.82. The Morgan fingerprint density at radius 1 is 1.00 bits per heavy atom. The van der Waals surface area contributed by atoms with E-state index in [1.807, 2.05) is 39.0 Å². The summed E-state index contributed by atoms with van der Waals surface area (Å²) in [6.07, 6.45) is 2.82. The van der Waals surface area contributed by atoms with Crippen LogP contribution in [0.25, 0.3) is 33.4 Å². The van der Waals surface area contributed by atoms with Gasteiger partial charge in [0.2, 0.25) is 0 Å². The van der Waals surface area contributed by atoms with E-state index in [0.29, 0.717) is 22.6 Å². The Balaban J connectivity index is 1.82. The standard InChI is InChI=1S/C23H23FN4O2S/c1-23(2,3)26-18-9-15(8-17(24)12-18)21-20-11-16(13-25-22(20)28-27-21)14-6-5-7-19(10-14)31(4,29)30/h5-13,26H,1-4H3,(H,25,27,28). The van der Waals surface area contributed by atoms with Crippen molar-refractivity contribution in [2.45, 2.75) is 31.2 Å². The summed E-state index contributed by atoms with van der Waals surface area (Å²) in [6.45, 7) is 6.01. The molecule has 4 rings (SSSR count). The molecule has 0 unspecified atom stereocenters. The molecule has 2 aromatic carbocycles. The lowest BCUT2D eigenvalue weighted by Crippen LogP contribution is -2.26. The molecule has 0 aliphatic rings. The smallest absolute Gasteiger partial charge is 0.181 e. The van der Waals surface area contributed by atoms with Gasteiger partial charge >= 0.3 is 0 Å². The van der Waals surface area contributed by atoms with Crippen LogP contribution in [-0.4, -0.2) is 35.4 Å². The quantitative estimate of drug-likeness (QED) is 0.466. The van der Waals surface area contributed by atoms with Crippen molar-refractivity contribution in [2.75, 3.05) is 11.6 Å². The van der Waals surface area contributed by atoms with Crippen LogP contribution in [0.4, 0.5) is 10.1 Å². The van der Waals surface area contributed by atoms with Crippen molar-refractivity contribution in [2.24, 2.45) is 0 Å². The number of aromatic nitrogens is 3. The number of hydrogen-bond donors (Lipinski definition) is 2. The van der Waals surface area contributed by atoms with Gasteiger partial charge in [-0.15, -0.1) is 0 Å². The maximum Gasteiger partial charge on any atom is 0.181 e. The van der Waals surface area contributed by atoms with Gasteiger partial charge in [-0.3, -0.25) is 5.10 Å². The second-order valence-electron chi connectivity index (χ2n) is 8.60. The molecule has 8 heteroatoms. The van der Waals surface area contributed by atoms with E-state index in [1.54, 1.807) is 24.4 Å². The minimum Gasteiger partial charge on any atom is -0.380 e. The van der Waals surface area contributed by atoms with Crippen molar-refractivity contribution < 1.29 is 12.8 Å². The Kier molecular flexibility index (Phi) is 5.05. The van der Waals surface area contributed by atoms with E-state index in [0.717, 1.165) is 16.5 Å². The summed E-state index contributed by atoms with van der Waals surface area (Å²) in [5.74, 6) is -0.364. The van der Waals surface area contributed by atoms with E-state index in [2.05, 4.69) is 20.5 Å². The highest BCUT2D eigenvalue weighted by Gasteiger charge is 2.15. The number of fused-ring (bicyclic) bond motifs is 1. The summed E-state index contributed by atoms with van der Waals surface area (Å²) in [5, 5.41) is 11.2. The molecule has 0 radical (unpaired) electrons. The summed E-state index contributed by atoms with van der Waals surface area (Å²) >= 11 is 0. The molecule has 0 aliphatic heterocycles. The summed E-state index contributed by atoms with van der Waals surface area (Å²) in [7, 11) is -3.33. The molecule has 2 heterocycles. The summed E-state index contributed by atoms with van der Waals surface area (Å²) in [4.78, 5) is 4.64. The lowest BCUT2D eigenvalue weighted by molar-refractivity contribution is 0.602. The molecule has 160 valence electrons. The van der Waals surface area contributed by atoms with Gasteiger partial charge in [-0.25, -0.2) is 17.8 Å². The van der Waals surface area contributed by atoms with Gasteiger partial charge in [0.15, 0.2) is 15.5 Å². The van der Waals surface area contributed by atoms with Crippen molar-refractivity contribution in [3.63, 3.8) is 0 Å². The zero-order chi connectivity index (χ0) is 22.4. The fourth-order valence-corrected chi connectivity index (χ4v) is 4.09. The van der Waals surface area contributed by atoms with E-state index < -0.39 is 9.84 Å². The monoisotopic (exact) mass is 438 g/mol. The first-order valence-electron chi connectivity index (χ1n) is 9.73. The molecule has 0 aliphatic carbocycles. The van der Waals surface area contributed by atoms with E-state index in [4.69, 9.17) is 0 Å². The number of anilines is 1. The number of benzene rings is 2. The van der Waals surface area contributed by atoms with Gasteiger partial charge in [-0.05, 0) is 62.7 Å². The van der Waals surface area contributed by atoms with E-state index in [-0.39, 0.29) is 16.3 Å². The number of halogens is 1. The predicted octanol–water partition coefficient (Wildman–Crippen LogP) is 5.04. The fourth-order valence-electron chi connectivity index (χ4n) is 3.42. The van der Waals surface area contributed by atoms with E-state index in [9.17, 15) is 12.8 Å². The van der Waals surface area contributed by atoms with Gasteiger partial charge < -0.3 is 5.32 Å². The van der Waals surface area contributed by atoms with Gasteiger partial charge in [0.1, 0.15) is 5.82 Å². The minimum atomic E-state index is -3.33. The number of nitrogens with zero attached hydrogens (tertiary/aromatic N) is 2. The van der Waals surface area contributed by atoms with Crippen molar-refractivity contribution in [1.29, 1.82) is 0 Å². The van der Waals surface area contributed by atoms with Crippen LogP contribution in [0.1, 0.15) is 20.8 Å². The second-order valence-corrected chi connectivity index (χ2v) is 10.6. The molecule has 2 aromatic heterocycles. The highest BCUT2D eigenvalue weighted by atomic mass is 32.2. The first-order valence-corrected chi connectivity index (χ1v) is 11.6. The number of hydrogen-bond acceptors (Lipinski definition) is 5. The molecule has 2 N–H and O–H groups in total. The fraction of sp³-hybridized carbons (Fsp3) is 0.217. The van der Waals surface area contributed by atoms with Crippen LogP contribution in [0.5, 0.6) is 0 Å². The number of aromatic amines is 1. The molecule has 31 heavy (non-hydrogen) atoms. The van der Waals surface area contributed by atoms with Crippen LogP contribution in [0.3, 0.4) is 0 Å². The Morgan fingerprint density at radius 3 is 2.48 bits per heavy atom. The van der Waals surface area contributed by atoms with Crippen LogP contribution < -0.4 is 5.32 Å². The molecule has 0 spiro atoms. The molecule has 6 nitrogen and oxygen atoms in total. The molecular formula is C23H23FN4O2S. The lowest BCUT2D eigenvalue weighted by Gasteiger charge is -2.22. The number of pyridine rings is 1. The van der Waals surface area contributed by atoms with E-state index >= 15 is 0 Å². The van der Waals surface area contributed by atoms with Gasteiger partial charge in [-0.1, -0.05) is 12.1 Å². The van der Waals surface area contributed by atoms with Crippen molar-refractivity contribution in [3.8, 4) is 22.4 Å². The van der Waals surface area contributed by atoms with Crippen LogP contribution in [0.15, 0.2) is 59.6 Å². The Hall–Kier alpha value is -3.26. The third kappa shape index (κ3) is 4.59. The summed E-state index contributed by atoms with van der Waals surface area (Å²) in [5.41, 5.74) is 3.67. The zero-order valence-corrected chi connectivity index (χ0v) is 18.5. The van der Waals surface area contributed by atoms with Crippen LogP contribution in [-0.2, 0) is 9.84 Å². The molecule has 0 atom stereocenters. The zero-order valence-electron chi connectivity index (χ0n) is 17.7. The van der Waals surface area contributed by atoms with Crippen LogP contribution >= 0.6 is 0 Å². The molecule has 0 fully saturated rings. The highest BCUT2D eigenvalue weighted by molar-refractivity contribution is 7.90. The second kappa shape index (κ2) is 7.46. The minimum absolute atomic E-state index is 0.222. The molecule has 0 bridgehead atoms. The predicted molar refractivity (Wildman–Crippen MR) is 121 cm³/mol. The van der Waals surface area contributed by atoms with Crippen molar-refractivity contribution in [3.05, 3.63) is 60.5 Å². The number of H-pyrrole nitrogens is 1. The summed E-state index contributed by atoms with van der Waals surface area (Å²) in [6, 6.07) is 13.3. The highest BCUT2D eigenvalue weighted by Crippen LogP contribution is 2.32. The average Bonchev–Trinajstić information content (AvgIpc) is 3.09. The molecule has 0 amide bonds. The summed E-state index contributed by atoms with van der Waals surface area (Å²) < 4.78 is 38.2. The van der Waals surface area contributed by atoms with Crippen LogP contribution in [0.2, 0.25) is 0 Å². The van der Waals surface area contributed by atoms with E-state index in [1.165, 1.54) is 18.4 Å². The maximum absolute atomic E-state index is 14.3. The SMILES string of the molecule is CC(C)(C)Nc1cc(F)cc(-c2[nH]nc3ncc(-c4cccc(S(C)(=O)=O)c4)cc23)c1. The average molecular weight is 439 g/mol. The first kappa shape index (κ1) is 21.0.